The number of aliphatic carboxylic acids is 1. The smallest absolute Gasteiger partial charge is 0.341 e. The standard InChI is InChI=1S/C17H16INO5/c1-22-14-6-4-3-5-13(14)19-9-11-7-12(18)17(15(8-11)23-2)24-10-16(20)21/h3-9H,10H2,1-2H3,(H,20,21). The third kappa shape index (κ3) is 4.60. The first-order chi connectivity index (χ1) is 11.5. The number of aliphatic imine (C=N–C) groups is 1. The molecule has 0 fully saturated rings. The van der Waals surface area contributed by atoms with Gasteiger partial charge in [-0.05, 0) is 52.4 Å². The Kier molecular flexibility index (Phi) is 6.42. The summed E-state index contributed by atoms with van der Waals surface area (Å²) in [7, 11) is 3.09. The van der Waals surface area contributed by atoms with Gasteiger partial charge in [0, 0.05) is 6.21 Å². The molecule has 0 amide bonds. The van der Waals surface area contributed by atoms with Crippen LogP contribution >= 0.6 is 22.6 Å². The number of halogens is 1. The molecule has 0 bridgehead atoms. The first kappa shape index (κ1) is 18.1. The Bertz CT molecular complexity index is 761. The van der Waals surface area contributed by atoms with Gasteiger partial charge in [0.15, 0.2) is 18.1 Å². The van der Waals surface area contributed by atoms with Crippen molar-refractivity contribution in [2.24, 2.45) is 4.99 Å². The van der Waals surface area contributed by atoms with Crippen LogP contribution in [-0.4, -0.2) is 38.1 Å². The van der Waals surface area contributed by atoms with Gasteiger partial charge in [0.25, 0.3) is 0 Å². The lowest BCUT2D eigenvalue weighted by molar-refractivity contribution is -0.139. The second kappa shape index (κ2) is 8.53. The van der Waals surface area contributed by atoms with Gasteiger partial charge in [0.05, 0.1) is 17.8 Å². The molecule has 0 unspecified atom stereocenters. The van der Waals surface area contributed by atoms with Crippen molar-refractivity contribution in [1.29, 1.82) is 0 Å². The van der Waals surface area contributed by atoms with Crippen molar-refractivity contribution in [2.45, 2.75) is 0 Å². The molecule has 2 aromatic rings. The normalized spacial score (nSPS) is 10.6. The summed E-state index contributed by atoms with van der Waals surface area (Å²) < 4.78 is 16.6. The first-order valence-electron chi connectivity index (χ1n) is 6.94. The number of nitrogens with zero attached hydrogens (tertiary/aromatic N) is 1. The van der Waals surface area contributed by atoms with Gasteiger partial charge >= 0.3 is 5.97 Å². The van der Waals surface area contributed by atoms with E-state index in [2.05, 4.69) is 27.6 Å². The summed E-state index contributed by atoms with van der Waals surface area (Å²) in [5.74, 6) is 0.478. The summed E-state index contributed by atoms with van der Waals surface area (Å²) in [6, 6.07) is 11.0. The van der Waals surface area contributed by atoms with Gasteiger partial charge in [0.1, 0.15) is 11.4 Å². The molecule has 0 aromatic heterocycles. The van der Waals surface area contributed by atoms with E-state index in [1.807, 2.05) is 30.3 Å². The van der Waals surface area contributed by atoms with Crippen molar-refractivity contribution in [3.8, 4) is 17.2 Å². The lowest BCUT2D eigenvalue weighted by atomic mass is 10.2. The highest BCUT2D eigenvalue weighted by Gasteiger charge is 2.12. The zero-order valence-corrected chi connectivity index (χ0v) is 15.3. The number of hydrogen-bond acceptors (Lipinski definition) is 5. The van der Waals surface area contributed by atoms with Crippen molar-refractivity contribution in [2.75, 3.05) is 20.8 Å². The predicted octanol–water partition coefficient (Wildman–Crippen LogP) is 3.52. The first-order valence-corrected chi connectivity index (χ1v) is 8.02. The molecule has 0 heterocycles. The van der Waals surface area contributed by atoms with E-state index in [1.54, 1.807) is 19.4 Å². The van der Waals surface area contributed by atoms with Crippen LogP contribution < -0.4 is 14.2 Å². The molecule has 1 N–H and O–H groups in total. The van der Waals surface area contributed by atoms with E-state index in [9.17, 15) is 4.79 Å². The van der Waals surface area contributed by atoms with Crippen molar-refractivity contribution in [1.82, 2.24) is 0 Å². The maximum absolute atomic E-state index is 10.7. The number of carbonyl (C=O) groups is 1. The molecule has 0 saturated carbocycles. The molecule has 6 nitrogen and oxygen atoms in total. The van der Waals surface area contributed by atoms with Gasteiger partial charge in [0.2, 0.25) is 0 Å². The van der Waals surface area contributed by atoms with Gasteiger partial charge in [-0.3, -0.25) is 4.99 Å². The third-order valence-corrected chi connectivity index (χ3v) is 3.83. The molecule has 24 heavy (non-hydrogen) atoms. The summed E-state index contributed by atoms with van der Waals surface area (Å²) in [5, 5.41) is 8.74. The SMILES string of the molecule is COc1ccccc1N=Cc1cc(I)c(OCC(=O)O)c(OC)c1. The van der Waals surface area contributed by atoms with Gasteiger partial charge in [-0.25, -0.2) is 4.79 Å². The molecule has 0 spiro atoms. The maximum atomic E-state index is 10.7. The van der Waals surface area contributed by atoms with Gasteiger partial charge < -0.3 is 19.3 Å². The Morgan fingerprint density at radius 1 is 1.21 bits per heavy atom. The van der Waals surface area contributed by atoms with E-state index in [1.165, 1.54) is 7.11 Å². The monoisotopic (exact) mass is 441 g/mol. The molecule has 0 radical (unpaired) electrons. The Hall–Kier alpha value is -2.29. The predicted molar refractivity (Wildman–Crippen MR) is 99.1 cm³/mol. The second-order valence-electron chi connectivity index (χ2n) is 4.65. The average Bonchev–Trinajstić information content (AvgIpc) is 2.58. The number of rotatable bonds is 7. The fourth-order valence-corrected chi connectivity index (χ4v) is 2.75. The van der Waals surface area contributed by atoms with E-state index < -0.39 is 12.6 Å². The number of benzene rings is 2. The van der Waals surface area contributed by atoms with Gasteiger partial charge in [-0.2, -0.15) is 0 Å². The molecule has 2 rings (SSSR count). The summed E-state index contributed by atoms with van der Waals surface area (Å²) in [4.78, 5) is 15.1. The number of carboxylic acids is 1. The minimum absolute atomic E-state index is 0.398. The van der Waals surface area contributed by atoms with Gasteiger partial charge in [-0.1, -0.05) is 12.1 Å². The second-order valence-corrected chi connectivity index (χ2v) is 5.81. The molecule has 0 atom stereocenters. The zero-order chi connectivity index (χ0) is 17.5. The minimum Gasteiger partial charge on any atom is -0.494 e. The van der Waals surface area contributed by atoms with Crippen molar-refractivity contribution >= 4 is 40.5 Å². The summed E-state index contributed by atoms with van der Waals surface area (Å²) >= 11 is 2.07. The molecule has 0 aliphatic carbocycles. The van der Waals surface area contributed by atoms with Crippen LogP contribution in [0.1, 0.15) is 5.56 Å². The highest BCUT2D eigenvalue weighted by atomic mass is 127. The molecule has 126 valence electrons. The van der Waals surface area contributed by atoms with Crippen LogP contribution in [0.5, 0.6) is 17.2 Å². The van der Waals surface area contributed by atoms with Crippen molar-refractivity contribution < 1.29 is 24.1 Å². The summed E-state index contributed by atoms with van der Waals surface area (Å²) in [5.41, 5.74) is 1.50. The zero-order valence-electron chi connectivity index (χ0n) is 13.2. The largest absolute Gasteiger partial charge is 0.494 e. The van der Waals surface area contributed by atoms with Crippen molar-refractivity contribution in [3.05, 3.63) is 45.5 Å². The number of ether oxygens (including phenoxy) is 3. The average molecular weight is 441 g/mol. The fourth-order valence-electron chi connectivity index (χ4n) is 1.97. The Balaban J connectivity index is 2.30. The lowest BCUT2D eigenvalue weighted by Gasteiger charge is -2.12. The van der Waals surface area contributed by atoms with Crippen LogP contribution in [0.25, 0.3) is 0 Å². The van der Waals surface area contributed by atoms with E-state index in [0.29, 0.717) is 22.9 Å². The highest BCUT2D eigenvalue weighted by Crippen LogP contribution is 2.34. The summed E-state index contributed by atoms with van der Waals surface area (Å²) in [6.07, 6.45) is 1.68. The topological polar surface area (TPSA) is 77.4 Å². The van der Waals surface area contributed by atoms with Crippen LogP contribution in [0.4, 0.5) is 5.69 Å². The third-order valence-electron chi connectivity index (χ3n) is 3.03. The van der Waals surface area contributed by atoms with E-state index in [-0.39, 0.29) is 0 Å². The quantitative estimate of drug-likeness (QED) is 0.526. The number of methoxy groups -OCH3 is 2. The molecular formula is C17H16INO5. The maximum Gasteiger partial charge on any atom is 0.341 e. The van der Waals surface area contributed by atoms with Crippen LogP contribution in [0.15, 0.2) is 41.4 Å². The van der Waals surface area contributed by atoms with E-state index in [4.69, 9.17) is 19.3 Å². The Morgan fingerprint density at radius 2 is 1.92 bits per heavy atom. The van der Waals surface area contributed by atoms with Crippen LogP contribution in [0, 0.1) is 3.57 Å². The molecule has 7 heteroatoms. The molecule has 0 saturated heterocycles. The number of carboxylic acid groups (broad SMARTS) is 1. The van der Waals surface area contributed by atoms with Gasteiger partial charge in [-0.15, -0.1) is 0 Å². The number of hydrogen-bond donors (Lipinski definition) is 1. The molecular weight excluding hydrogens is 425 g/mol. The Morgan fingerprint density at radius 3 is 2.58 bits per heavy atom. The highest BCUT2D eigenvalue weighted by molar-refractivity contribution is 14.1. The Labute approximate surface area is 153 Å². The van der Waals surface area contributed by atoms with E-state index in [0.717, 1.165) is 9.13 Å². The number of para-hydroxylation sites is 2. The van der Waals surface area contributed by atoms with Crippen LogP contribution in [0.3, 0.4) is 0 Å². The van der Waals surface area contributed by atoms with Crippen molar-refractivity contribution in [3.63, 3.8) is 0 Å². The van der Waals surface area contributed by atoms with Crippen LogP contribution in [-0.2, 0) is 4.79 Å². The molecule has 0 aliphatic heterocycles. The van der Waals surface area contributed by atoms with E-state index >= 15 is 0 Å². The molecule has 2 aromatic carbocycles. The molecule has 0 aliphatic rings. The fraction of sp³-hybridized carbons (Fsp3) is 0.176. The summed E-state index contributed by atoms with van der Waals surface area (Å²) in [6.45, 7) is -0.430. The lowest BCUT2D eigenvalue weighted by Crippen LogP contribution is -2.11. The van der Waals surface area contributed by atoms with Crippen LogP contribution in [0.2, 0.25) is 0 Å². The minimum atomic E-state index is -1.05.